The highest BCUT2D eigenvalue weighted by Gasteiger charge is 2.07. The lowest BCUT2D eigenvalue weighted by molar-refractivity contribution is 0.469. The smallest absolute Gasteiger partial charge is 0.0733 e. The van der Waals surface area contributed by atoms with E-state index in [4.69, 9.17) is 0 Å². The summed E-state index contributed by atoms with van der Waals surface area (Å²) in [7, 11) is 0. The van der Waals surface area contributed by atoms with Gasteiger partial charge in [0, 0.05) is 17.6 Å². The van der Waals surface area contributed by atoms with E-state index in [1.54, 1.807) is 0 Å². The molecular weight excluding hydrogens is 232 g/mol. The van der Waals surface area contributed by atoms with E-state index in [0.717, 1.165) is 18.5 Å². The first-order valence-electron chi connectivity index (χ1n) is 7.41. The zero-order valence-electron chi connectivity index (χ0n) is 12.0. The Kier molecular flexibility index (Phi) is 5.34. The summed E-state index contributed by atoms with van der Waals surface area (Å²) in [4.78, 5) is 4.53. The second-order valence-corrected chi connectivity index (χ2v) is 5.09. The predicted molar refractivity (Wildman–Crippen MR) is 82.4 cm³/mol. The summed E-state index contributed by atoms with van der Waals surface area (Å²) in [5, 5.41) is 4.86. The number of hydrogen-bond acceptors (Lipinski definition) is 2. The van der Waals surface area contributed by atoms with E-state index in [1.807, 2.05) is 12.3 Å². The summed E-state index contributed by atoms with van der Waals surface area (Å²) in [6.45, 7) is 5.59. The van der Waals surface area contributed by atoms with Gasteiger partial charge in [-0.3, -0.25) is 4.98 Å². The van der Waals surface area contributed by atoms with Gasteiger partial charge in [-0.2, -0.15) is 0 Å². The lowest BCUT2D eigenvalue weighted by Gasteiger charge is -2.16. The average molecular weight is 256 g/mol. The molecule has 0 aliphatic heterocycles. The highest BCUT2D eigenvalue weighted by atomic mass is 14.9. The molecule has 0 spiro atoms. The van der Waals surface area contributed by atoms with Gasteiger partial charge in [0.15, 0.2) is 0 Å². The number of rotatable bonds is 7. The van der Waals surface area contributed by atoms with E-state index in [0.29, 0.717) is 6.04 Å². The Morgan fingerprint density at radius 1 is 1.16 bits per heavy atom. The third-order valence-corrected chi connectivity index (χ3v) is 3.65. The molecule has 1 aromatic carbocycles. The summed E-state index contributed by atoms with van der Waals surface area (Å²) in [6, 6.07) is 11.3. The van der Waals surface area contributed by atoms with Gasteiger partial charge in [0.1, 0.15) is 0 Å². The standard InChI is InChI=1S/C17H24N2/c1-3-12-18-16(4-2)11-10-15-8-5-7-14-9-6-13-19-17(14)15/h5-9,13,16,18H,3-4,10-12H2,1-2H3. The fourth-order valence-electron chi connectivity index (χ4n) is 2.50. The Hall–Kier alpha value is -1.41. The number of fused-ring (bicyclic) bond motifs is 1. The molecule has 2 aromatic rings. The van der Waals surface area contributed by atoms with Crippen LogP contribution in [-0.4, -0.2) is 17.6 Å². The van der Waals surface area contributed by atoms with Crippen molar-refractivity contribution in [1.29, 1.82) is 0 Å². The third-order valence-electron chi connectivity index (χ3n) is 3.65. The molecule has 0 saturated carbocycles. The third kappa shape index (κ3) is 3.77. The number of para-hydroxylation sites is 1. The molecule has 19 heavy (non-hydrogen) atoms. The number of aryl methyl sites for hydroxylation is 1. The van der Waals surface area contributed by atoms with Crippen LogP contribution in [0.3, 0.4) is 0 Å². The lowest BCUT2D eigenvalue weighted by atomic mass is 10.0. The number of hydrogen-bond donors (Lipinski definition) is 1. The van der Waals surface area contributed by atoms with Gasteiger partial charge in [0.2, 0.25) is 0 Å². The summed E-state index contributed by atoms with van der Waals surface area (Å²) < 4.78 is 0. The van der Waals surface area contributed by atoms with Crippen LogP contribution in [0.1, 0.15) is 38.7 Å². The van der Waals surface area contributed by atoms with Crippen molar-refractivity contribution in [1.82, 2.24) is 10.3 Å². The number of nitrogens with zero attached hydrogens (tertiary/aromatic N) is 1. The van der Waals surface area contributed by atoms with E-state index in [1.165, 1.54) is 30.2 Å². The lowest BCUT2D eigenvalue weighted by Crippen LogP contribution is -2.29. The van der Waals surface area contributed by atoms with Gasteiger partial charge in [0.05, 0.1) is 5.52 Å². The first-order chi connectivity index (χ1) is 9.35. The van der Waals surface area contributed by atoms with Gasteiger partial charge in [-0.05, 0) is 43.9 Å². The maximum absolute atomic E-state index is 4.53. The van der Waals surface area contributed by atoms with Crippen molar-refractivity contribution in [3.05, 3.63) is 42.1 Å². The fourth-order valence-corrected chi connectivity index (χ4v) is 2.50. The van der Waals surface area contributed by atoms with Gasteiger partial charge in [0.25, 0.3) is 0 Å². The SMILES string of the molecule is CCCNC(CC)CCc1cccc2cccnc12. The van der Waals surface area contributed by atoms with Gasteiger partial charge in [-0.1, -0.05) is 38.1 Å². The first-order valence-corrected chi connectivity index (χ1v) is 7.41. The minimum absolute atomic E-state index is 0.624. The molecular formula is C17H24N2. The quantitative estimate of drug-likeness (QED) is 0.811. The van der Waals surface area contributed by atoms with Gasteiger partial charge >= 0.3 is 0 Å². The molecule has 1 aromatic heterocycles. The molecule has 102 valence electrons. The first kappa shape index (κ1) is 14.0. The van der Waals surface area contributed by atoms with Crippen LogP contribution in [0.2, 0.25) is 0 Å². The Morgan fingerprint density at radius 3 is 2.79 bits per heavy atom. The van der Waals surface area contributed by atoms with Crippen LogP contribution in [0.4, 0.5) is 0 Å². The Morgan fingerprint density at radius 2 is 2.00 bits per heavy atom. The molecule has 0 bridgehead atoms. The largest absolute Gasteiger partial charge is 0.314 e. The Balaban J connectivity index is 2.04. The van der Waals surface area contributed by atoms with Gasteiger partial charge in [-0.15, -0.1) is 0 Å². The molecule has 2 rings (SSSR count). The fraction of sp³-hybridized carbons (Fsp3) is 0.471. The Bertz CT molecular complexity index is 502. The number of benzene rings is 1. The topological polar surface area (TPSA) is 24.9 Å². The monoisotopic (exact) mass is 256 g/mol. The summed E-state index contributed by atoms with van der Waals surface area (Å²) >= 11 is 0. The van der Waals surface area contributed by atoms with Crippen molar-refractivity contribution < 1.29 is 0 Å². The normalized spacial score (nSPS) is 12.7. The minimum atomic E-state index is 0.624. The minimum Gasteiger partial charge on any atom is -0.314 e. The highest BCUT2D eigenvalue weighted by molar-refractivity contribution is 5.81. The van der Waals surface area contributed by atoms with Crippen LogP contribution in [0.25, 0.3) is 10.9 Å². The summed E-state index contributed by atoms with van der Waals surface area (Å²) in [5.74, 6) is 0. The van der Waals surface area contributed by atoms with Crippen LogP contribution in [0.15, 0.2) is 36.5 Å². The average Bonchev–Trinajstić information content (AvgIpc) is 2.47. The number of nitrogens with one attached hydrogen (secondary N) is 1. The Labute approximate surface area is 116 Å². The van der Waals surface area contributed by atoms with Crippen molar-refractivity contribution in [2.24, 2.45) is 0 Å². The van der Waals surface area contributed by atoms with Crippen molar-refractivity contribution in [2.45, 2.75) is 45.6 Å². The summed E-state index contributed by atoms with van der Waals surface area (Å²) in [5.41, 5.74) is 2.53. The molecule has 1 unspecified atom stereocenters. The molecule has 0 amide bonds. The van der Waals surface area contributed by atoms with E-state index in [2.05, 4.69) is 48.4 Å². The zero-order chi connectivity index (χ0) is 13.5. The molecule has 0 fully saturated rings. The van der Waals surface area contributed by atoms with Crippen LogP contribution in [-0.2, 0) is 6.42 Å². The van der Waals surface area contributed by atoms with Crippen molar-refractivity contribution >= 4 is 10.9 Å². The van der Waals surface area contributed by atoms with E-state index >= 15 is 0 Å². The molecule has 0 radical (unpaired) electrons. The second-order valence-electron chi connectivity index (χ2n) is 5.09. The molecule has 2 nitrogen and oxygen atoms in total. The molecule has 0 aliphatic rings. The second kappa shape index (κ2) is 7.25. The number of pyridine rings is 1. The molecule has 0 aliphatic carbocycles. The molecule has 0 saturated heterocycles. The van der Waals surface area contributed by atoms with Crippen LogP contribution in [0, 0.1) is 0 Å². The molecule has 1 heterocycles. The van der Waals surface area contributed by atoms with Crippen LogP contribution in [0.5, 0.6) is 0 Å². The van der Waals surface area contributed by atoms with Gasteiger partial charge in [-0.25, -0.2) is 0 Å². The molecule has 2 heteroatoms. The number of aromatic nitrogens is 1. The van der Waals surface area contributed by atoms with E-state index in [9.17, 15) is 0 Å². The maximum Gasteiger partial charge on any atom is 0.0733 e. The van der Waals surface area contributed by atoms with Crippen molar-refractivity contribution in [2.75, 3.05) is 6.54 Å². The van der Waals surface area contributed by atoms with E-state index < -0.39 is 0 Å². The zero-order valence-corrected chi connectivity index (χ0v) is 12.0. The van der Waals surface area contributed by atoms with Crippen molar-refractivity contribution in [3.63, 3.8) is 0 Å². The molecule has 1 N–H and O–H groups in total. The van der Waals surface area contributed by atoms with Crippen LogP contribution >= 0.6 is 0 Å². The predicted octanol–water partition coefficient (Wildman–Crippen LogP) is 3.95. The van der Waals surface area contributed by atoms with Crippen LogP contribution < -0.4 is 5.32 Å². The highest BCUT2D eigenvalue weighted by Crippen LogP contribution is 2.18. The van der Waals surface area contributed by atoms with Crippen molar-refractivity contribution in [3.8, 4) is 0 Å². The summed E-state index contributed by atoms with van der Waals surface area (Å²) in [6.07, 6.45) is 6.57. The molecule has 1 atom stereocenters. The maximum atomic E-state index is 4.53. The van der Waals surface area contributed by atoms with Gasteiger partial charge < -0.3 is 5.32 Å². The van der Waals surface area contributed by atoms with E-state index in [-0.39, 0.29) is 0 Å².